The van der Waals surface area contributed by atoms with Crippen molar-refractivity contribution in [2.24, 2.45) is 5.92 Å². The number of benzene rings is 1. The predicted octanol–water partition coefficient (Wildman–Crippen LogP) is 1.99. The minimum Gasteiger partial charge on any atom is -0.445 e. The summed E-state index contributed by atoms with van der Waals surface area (Å²) in [5, 5.41) is 6.82. The zero-order valence-corrected chi connectivity index (χ0v) is 13.7. The summed E-state index contributed by atoms with van der Waals surface area (Å²) in [5.74, 6) is 0.713. The van der Waals surface area contributed by atoms with Gasteiger partial charge in [0, 0.05) is 25.7 Å². The van der Waals surface area contributed by atoms with Crippen LogP contribution in [0.5, 0.6) is 0 Å². The lowest BCUT2D eigenvalue weighted by Crippen LogP contribution is -2.54. The lowest BCUT2D eigenvalue weighted by atomic mass is 9.90. The van der Waals surface area contributed by atoms with Gasteiger partial charge in [-0.25, -0.2) is 4.79 Å². The highest BCUT2D eigenvalue weighted by Crippen LogP contribution is 2.22. The van der Waals surface area contributed by atoms with Gasteiger partial charge < -0.3 is 20.3 Å². The number of amides is 1. The molecule has 2 fully saturated rings. The molecular weight excluding hydrogens is 290 g/mol. The molecule has 2 aliphatic rings. The fraction of sp³-hybridized carbons (Fsp3) is 0.611. The third kappa shape index (κ3) is 4.69. The van der Waals surface area contributed by atoms with E-state index in [1.54, 1.807) is 0 Å². The van der Waals surface area contributed by atoms with Gasteiger partial charge in [-0.3, -0.25) is 0 Å². The number of carbonyl (C=O) groups is 1. The highest BCUT2D eigenvalue weighted by atomic mass is 16.6. The van der Waals surface area contributed by atoms with Crippen LogP contribution in [-0.4, -0.2) is 49.8 Å². The SMILES string of the molecule is O=C(OCc1ccccc1)N1CCNCC1CC1CCNCC1. The van der Waals surface area contributed by atoms with Gasteiger partial charge >= 0.3 is 6.09 Å². The molecule has 5 nitrogen and oxygen atoms in total. The second-order valence-corrected chi connectivity index (χ2v) is 6.52. The maximum absolute atomic E-state index is 12.5. The van der Waals surface area contributed by atoms with Crippen LogP contribution in [0, 0.1) is 5.92 Å². The van der Waals surface area contributed by atoms with Crippen molar-refractivity contribution in [3.05, 3.63) is 35.9 Å². The largest absolute Gasteiger partial charge is 0.445 e. The van der Waals surface area contributed by atoms with Crippen LogP contribution < -0.4 is 10.6 Å². The van der Waals surface area contributed by atoms with E-state index in [9.17, 15) is 4.79 Å². The van der Waals surface area contributed by atoms with Gasteiger partial charge in [0.1, 0.15) is 6.61 Å². The lowest BCUT2D eigenvalue weighted by molar-refractivity contribution is 0.0646. The summed E-state index contributed by atoms with van der Waals surface area (Å²) in [5.41, 5.74) is 1.03. The first-order valence-electron chi connectivity index (χ1n) is 8.71. The zero-order chi connectivity index (χ0) is 15.9. The number of carbonyl (C=O) groups excluding carboxylic acids is 1. The highest BCUT2D eigenvalue weighted by molar-refractivity contribution is 5.68. The molecule has 5 heteroatoms. The molecule has 1 unspecified atom stereocenters. The molecule has 0 saturated carbocycles. The van der Waals surface area contributed by atoms with E-state index in [-0.39, 0.29) is 12.1 Å². The molecule has 0 bridgehead atoms. The first-order valence-corrected chi connectivity index (χ1v) is 8.71. The van der Waals surface area contributed by atoms with Crippen molar-refractivity contribution in [1.82, 2.24) is 15.5 Å². The van der Waals surface area contributed by atoms with E-state index < -0.39 is 0 Å². The monoisotopic (exact) mass is 317 g/mol. The summed E-state index contributed by atoms with van der Waals surface area (Å²) < 4.78 is 5.53. The molecule has 2 heterocycles. The summed E-state index contributed by atoms with van der Waals surface area (Å²) in [6.45, 7) is 5.02. The van der Waals surface area contributed by atoms with Gasteiger partial charge in [-0.1, -0.05) is 30.3 Å². The molecule has 0 aromatic heterocycles. The van der Waals surface area contributed by atoms with Gasteiger partial charge in [0.2, 0.25) is 0 Å². The Labute approximate surface area is 138 Å². The van der Waals surface area contributed by atoms with Gasteiger partial charge in [0.05, 0.1) is 0 Å². The number of hydrogen-bond acceptors (Lipinski definition) is 4. The molecular formula is C18H27N3O2. The Hall–Kier alpha value is -1.59. The van der Waals surface area contributed by atoms with Crippen LogP contribution in [0.25, 0.3) is 0 Å². The minimum atomic E-state index is -0.172. The van der Waals surface area contributed by atoms with Crippen LogP contribution in [0.15, 0.2) is 30.3 Å². The third-order valence-corrected chi connectivity index (χ3v) is 4.85. The zero-order valence-electron chi connectivity index (χ0n) is 13.7. The maximum atomic E-state index is 12.5. The fourth-order valence-electron chi connectivity index (χ4n) is 3.52. The number of ether oxygens (including phenoxy) is 1. The standard InChI is InChI=1S/C18H27N3O2/c22-18(23-14-16-4-2-1-3-5-16)21-11-10-20-13-17(21)12-15-6-8-19-9-7-15/h1-5,15,17,19-20H,6-14H2. The minimum absolute atomic E-state index is 0.172. The molecule has 3 rings (SSSR count). The average Bonchev–Trinajstić information content (AvgIpc) is 2.62. The average molecular weight is 317 g/mol. The van der Waals surface area contributed by atoms with Crippen molar-refractivity contribution >= 4 is 6.09 Å². The number of piperidine rings is 1. The van der Waals surface area contributed by atoms with Gasteiger partial charge in [-0.15, -0.1) is 0 Å². The van der Waals surface area contributed by atoms with Crippen molar-refractivity contribution in [3.63, 3.8) is 0 Å². The molecule has 0 radical (unpaired) electrons. The van der Waals surface area contributed by atoms with Crippen LogP contribution in [0.1, 0.15) is 24.8 Å². The molecule has 23 heavy (non-hydrogen) atoms. The van der Waals surface area contributed by atoms with Gasteiger partial charge in [0.15, 0.2) is 0 Å². The van der Waals surface area contributed by atoms with E-state index in [1.165, 1.54) is 12.8 Å². The first kappa shape index (κ1) is 16.3. The first-order chi connectivity index (χ1) is 11.3. The molecule has 1 atom stereocenters. The quantitative estimate of drug-likeness (QED) is 0.892. The van der Waals surface area contributed by atoms with E-state index in [4.69, 9.17) is 4.74 Å². The Morgan fingerprint density at radius 3 is 2.70 bits per heavy atom. The number of piperazine rings is 1. The van der Waals surface area contributed by atoms with Crippen LogP contribution >= 0.6 is 0 Å². The molecule has 2 saturated heterocycles. The summed E-state index contributed by atoms with van der Waals surface area (Å²) in [4.78, 5) is 14.4. The van der Waals surface area contributed by atoms with Crippen molar-refractivity contribution in [1.29, 1.82) is 0 Å². The Morgan fingerprint density at radius 1 is 1.13 bits per heavy atom. The topological polar surface area (TPSA) is 53.6 Å². The molecule has 2 N–H and O–H groups in total. The van der Waals surface area contributed by atoms with Crippen molar-refractivity contribution in [2.45, 2.75) is 31.9 Å². The van der Waals surface area contributed by atoms with Crippen molar-refractivity contribution in [2.75, 3.05) is 32.7 Å². The molecule has 126 valence electrons. The van der Waals surface area contributed by atoms with Crippen LogP contribution in [0.4, 0.5) is 4.79 Å². The molecule has 1 amide bonds. The van der Waals surface area contributed by atoms with E-state index in [0.29, 0.717) is 12.5 Å². The number of nitrogens with one attached hydrogen (secondary N) is 2. The summed E-state index contributed by atoms with van der Waals surface area (Å²) >= 11 is 0. The summed E-state index contributed by atoms with van der Waals surface area (Å²) in [6, 6.07) is 10.1. The third-order valence-electron chi connectivity index (χ3n) is 4.85. The Kier molecular flexibility index (Phi) is 5.88. The van der Waals surface area contributed by atoms with E-state index in [1.807, 2.05) is 35.2 Å². The van der Waals surface area contributed by atoms with Crippen LogP contribution in [0.2, 0.25) is 0 Å². The second-order valence-electron chi connectivity index (χ2n) is 6.52. The fourth-order valence-corrected chi connectivity index (χ4v) is 3.52. The van der Waals surface area contributed by atoms with E-state index in [2.05, 4.69) is 10.6 Å². The Bertz CT molecular complexity index is 488. The van der Waals surface area contributed by atoms with Crippen LogP contribution in [-0.2, 0) is 11.3 Å². The van der Waals surface area contributed by atoms with E-state index >= 15 is 0 Å². The molecule has 0 spiro atoms. The number of hydrogen-bond donors (Lipinski definition) is 2. The van der Waals surface area contributed by atoms with Crippen LogP contribution in [0.3, 0.4) is 0 Å². The summed E-state index contributed by atoms with van der Waals surface area (Å²) in [7, 11) is 0. The normalized spacial score (nSPS) is 22.8. The summed E-state index contributed by atoms with van der Waals surface area (Å²) in [6.07, 6.45) is 3.33. The molecule has 2 aliphatic heterocycles. The Morgan fingerprint density at radius 2 is 1.91 bits per heavy atom. The van der Waals surface area contributed by atoms with Gasteiger partial charge in [0.25, 0.3) is 0 Å². The number of rotatable bonds is 4. The second kappa shape index (κ2) is 8.31. The molecule has 1 aromatic rings. The smallest absolute Gasteiger partial charge is 0.410 e. The van der Waals surface area contributed by atoms with Crippen molar-refractivity contribution < 1.29 is 9.53 Å². The number of nitrogens with zero attached hydrogens (tertiary/aromatic N) is 1. The Balaban J connectivity index is 1.53. The van der Waals surface area contributed by atoms with E-state index in [0.717, 1.165) is 44.7 Å². The lowest BCUT2D eigenvalue weighted by Gasteiger charge is -2.38. The van der Waals surface area contributed by atoms with Crippen molar-refractivity contribution in [3.8, 4) is 0 Å². The molecule has 1 aromatic carbocycles. The molecule has 0 aliphatic carbocycles. The predicted molar refractivity (Wildman–Crippen MR) is 90.2 cm³/mol. The maximum Gasteiger partial charge on any atom is 0.410 e. The van der Waals surface area contributed by atoms with Gasteiger partial charge in [-0.05, 0) is 43.8 Å². The van der Waals surface area contributed by atoms with Gasteiger partial charge in [-0.2, -0.15) is 0 Å². The highest BCUT2D eigenvalue weighted by Gasteiger charge is 2.30.